The van der Waals surface area contributed by atoms with Gasteiger partial charge in [0.05, 0.1) is 0 Å². The van der Waals surface area contributed by atoms with Gasteiger partial charge in [-0.15, -0.1) is 11.6 Å². The fourth-order valence-corrected chi connectivity index (χ4v) is 3.17. The minimum Gasteiger partial charge on any atom is -0.299 e. The topological polar surface area (TPSA) is 3.24 Å². The summed E-state index contributed by atoms with van der Waals surface area (Å²) in [5, 5.41) is 0. The van der Waals surface area contributed by atoms with Crippen molar-refractivity contribution in [3.63, 3.8) is 0 Å². The van der Waals surface area contributed by atoms with Gasteiger partial charge in [-0.05, 0) is 50.8 Å². The van der Waals surface area contributed by atoms with Crippen molar-refractivity contribution in [3.8, 4) is 0 Å². The molecule has 18 heavy (non-hydrogen) atoms. The molecule has 0 spiro atoms. The van der Waals surface area contributed by atoms with Crippen molar-refractivity contribution in [1.82, 2.24) is 4.90 Å². The van der Waals surface area contributed by atoms with Crippen LogP contribution in [0.3, 0.4) is 0 Å². The van der Waals surface area contributed by atoms with Crippen LogP contribution >= 0.6 is 11.6 Å². The van der Waals surface area contributed by atoms with Crippen LogP contribution in [0.15, 0.2) is 30.3 Å². The Bertz CT molecular complexity index is 325. The zero-order valence-electron chi connectivity index (χ0n) is 11.2. The van der Waals surface area contributed by atoms with Gasteiger partial charge in [-0.2, -0.15) is 0 Å². The molecule has 0 saturated carbocycles. The van der Waals surface area contributed by atoms with Crippen LogP contribution in [-0.4, -0.2) is 29.9 Å². The molecule has 0 amide bonds. The summed E-state index contributed by atoms with van der Waals surface area (Å²) in [5.74, 6) is 0.804. The monoisotopic (exact) mass is 265 g/mol. The summed E-state index contributed by atoms with van der Waals surface area (Å²) in [5.41, 5.74) is 1.46. The Morgan fingerprint density at radius 2 is 1.94 bits per heavy atom. The first-order valence-electron chi connectivity index (χ1n) is 7.24. The SMILES string of the molecule is ClCC1CCCCN1CCCCc1ccccc1. The van der Waals surface area contributed by atoms with Crippen LogP contribution in [0.4, 0.5) is 0 Å². The Morgan fingerprint density at radius 3 is 2.72 bits per heavy atom. The van der Waals surface area contributed by atoms with E-state index in [1.54, 1.807) is 0 Å². The van der Waals surface area contributed by atoms with Crippen molar-refractivity contribution in [2.75, 3.05) is 19.0 Å². The van der Waals surface area contributed by atoms with E-state index in [-0.39, 0.29) is 0 Å². The van der Waals surface area contributed by atoms with Crippen LogP contribution in [0, 0.1) is 0 Å². The molecule has 1 aliphatic heterocycles. The zero-order valence-corrected chi connectivity index (χ0v) is 11.9. The molecule has 0 aliphatic carbocycles. The maximum atomic E-state index is 6.04. The van der Waals surface area contributed by atoms with Gasteiger partial charge in [0.25, 0.3) is 0 Å². The van der Waals surface area contributed by atoms with Gasteiger partial charge in [0, 0.05) is 11.9 Å². The third kappa shape index (κ3) is 4.29. The predicted molar refractivity (Wildman–Crippen MR) is 79.3 cm³/mol. The Kier molecular flexibility index (Phi) is 6.02. The number of alkyl halides is 1. The maximum absolute atomic E-state index is 6.04. The number of nitrogens with zero attached hydrogens (tertiary/aromatic N) is 1. The Hall–Kier alpha value is -0.530. The van der Waals surface area contributed by atoms with Crippen LogP contribution in [-0.2, 0) is 6.42 Å². The number of aryl methyl sites for hydroxylation is 1. The lowest BCUT2D eigenvalue weighted by atomic mass is 10.0. The quantitative estimate of drug-likeness (QED) is 0.553. The Balaban J connectivity index is 1.65. The first kappa shape index (κ1) is 13.9. The van der Waals surface area contributed by atoms with E-state index in [0.717, 1.165) is 5.88 Å². The fraction of sp³-hybridized carbons (Fsp3) is 0.625. The molecular formula is C16H24ClN. The number of unbranched alkanes of at least 4 members (excludes halogenated alkanes) is 1. The van der Waals surface area contributed by atoms with Crippen LogP contribution in [0.2, 0.25) is 0 Å². The van der Waals surface area contributed by atoms with Crippen molar-refractivity contribution >= 4 is 11.6 Å². The molecule has 0 radical (unpaired) electrons. The minimum atomic E-state index is 0.636. The maximum Gasteiger partial charge on any atom is 0.0379 e. The molecule has 2 rings (SSSR count). The van der Waals surface area contributed by atoms with Gasteiger partial charge < -0.3 is 0 Å². The van der Waals surface area contributed by atoms with Gasteiger partial charge in [-0.3, -0.25) is 4.90 Å². The largest absolute Gasteiger partial charge is 0.299 e. The predicted octanol–water partition coefficient (Wildman–Crippen LogP) is 4.10. The number of halogens is 1. The summed E-state index contributed by atoms with van der Waals surface area (Å²) < 4.78 is 0. The Labute approximate surface area is 116 Å². The summed E-state index contributed by atoms with van der Waals surface area (Å²) in [7, 11) is 0. The molecule has 1 unspecified atom stereocenters. The number of likely N-dealkylation sites (tertiary alicyclic amines) is 1. The highest BCUT2D eigenvalue weighted by Gasteiger charge is 2.20. The summed E-state index contributed by atoms with van der Waals surface area (Å²) in [4.78, 5) is 2.60. The summed E-state index contributed by atoms with van der Waals surface area (Å²) >= 11 is 6.04. The van der Waals surface area contributed by atoms with Gasteiger partial charge in [0.2, 0.25) is 0 Å². The summed E-state index contributed by atoms with van der Waals surface area (Å²) in [6.07, 6.45) is 7.80. The highest BCUT2D eigenvalue weighted by molar-refractivity contribution is 6.18. The third-order valence-corrected chi connectivity index (χ3v) is 4.29. The molecule has 1 atom stereocenters. The van der Waals surface area contributed by atoms with E-state index in [1.165, 1.54) is 57.2 Å². The molecule has 2 heteroatoms. The van der Waals surface area contributed by atoms with E-state index >= 15 is 0 Å². The van der Waals surface area contributed by atoms with Crippen LogP contribution in [0.1, 0.15) is 37.7 Å². The van der Waals surface area contributed by atoms with E-state index in [9.17, 15) is 0 Å². The molecule has 1 heterocycles. The minimum absolute atomic E-state index is 0.636. The molecule has 100 valence electrons. The number of hydrogen-bond acceptors (Lipinski definition) is 1. The average molecular weight is 266 g/mol. The lowest BCUT2D eigenvalue weighted by molar-refractivity contribution is 0.160. The van der Waals surface area contributed by atoms with E-state index in [1.807, 2.05) is 0 Å². The van der Waals surface area contributed by atoms with Crippen LogP contribution in [0.25, 0.3) is 0 Å². The van der Waals surface area contributed by atoms with Gasteiger partial charge in [-0.25, -0.2) is 0 Å². The highest BCUT2D eigenvalue weighted by Crippen LogP contribution is 2.18. The second kappa shape index (κ2) is 7.81. The second-order valence-electron chi connectivity index (χ2n) is 5.28. The number of rotatable bonds is 6. The first-order chi connectivity index (χ1) is 8.90. The molecule has 0 aromatic heterocycles. The molecule has 0 N–H and O–H groups in total. The molecular weight excluding hydrogens is 242 g/mol. The number of piperidine rings is 1. The van der Waals surface area contributed by atoms with Gasteiger partial charge in [-0.1, -0.05) is 36.8 Å². The molecule has 1 aliphatic rings. The van der Waals surface area contributed by atoms with Crippen molar-refractivity contribution in [3.05, 3.63) is 35.9 Å². The van der Waals surface area contributed by atoms with Gasteiger partial charge in [0.15, 0.2) is 0 Å². The van der Waals surface area contributed by atoms with E-state index in [0.29, 0.717) is 6.04 Å². The first-order valence-corrected chi connectivity index (χ1v) is 7.77. The number of benzene rings is 1. The van der Waals surface area contributed by atoms with Crippen molar-refractivity contribution < 1.29 is 0 Å². The molecule has 1 aromatic carbocycles. The van der Waals surface area contributed by atoms with Crippen LogP contribution in [0.5, 0.6) is 0 Å². The van der Waals surface area contributed by atoms with Crippen molar-refractivity contribution in [1.29, 1.82) is 0 Å². The van der Waals surface area contributed by atoms with Gasteiger partial charge >= 0.3 is 0 Å². The van der Waals surface area contributed by atoms with Crippen molar-refractivity contribution in [2.24, 2.45) is 0 Å². The molecule has 0 bridgehead atoms. The normalized spacial score (nSPS) is 21.1. The summed E-state index contributed by atoms with van der Waals surface area (Å²) in [6, 6.07) is 11.4. The highest BCUT2D eigenvalue weighted by atomic mass is 35.5. The number of hydrogen-bond donors (Lipinski definition) is 0. The average Bonchev–Trinajstić information content (AvgIpc) is 2.45. The third-order valence-electron chi connectivity index (χ3n) is 3.93. The van der Waals surface area contributed by atoms with Crippen LogP contribution < -0.4 is 0 Å². The fourth-order valence-electron chi connectivity index (χ4n) is 2.82. The molecule has 1 nitrogen and oxygen atoms in total. The second-order valence-corrected chi connectivity index (χ2v) is 5.59. The lowest BCUT2D eigenvalue weighted by Crippen LogP contribution is -2.41. The molecule has 1 saturated heterocycles. The van der Waals surface area contributed by atoms with E-state index < -0.39 is 0 Å². The summed E-state index contributed by atoms with van der Waals surface area (Å²) in [6.45, 7) is 2.48. The standard InChI is InChI=1S/C16H24ClN/c17-14-16-11-5-7-13-18(16)12-6-4-10-15-8-2-1-3-9-15/h1-3,8-9,16H,4-7,10-14H2. The lowest BCUT2D eigenvalue weighted by Gasteiger charge is -2.34. The smallest absolute Gasteiger partial charge is 0.0379 e. The Morgan fingerprint density at radius 1 is 1.11 bits per heavy atom. The van der Waals surface area contributed by atoms with E-state index in [2.05, 4.69) is 35.2 Å². The molecule has 1 fully saturated rings. The zero-order chi connectivity index (χ0) is 12.6. The van der Waals surface area contributed by atoms with Gasteiger partial charge in [0.1, 0.15) is 0 Å². The van der Waals surface area contributed by atoms with E-state index in [4.69, 9.17) is 11.6 Å². The van der Waals surface area contributed by atoms with Crippen molar-refractivity contribution in [2.45, 2.75) is 44.6 Å². The molecule has 1 aromatic rings.